The zero-order valence-corrected chi connectivity index (χ0v) is 12.0. The quantitative estimate of drug-likeness (QED) is 0.460. The predicted molar refractivity (Wildman–Crippen MR) is 77.2 cm³/mol. The van der Waals surface area contributed by atoms with Crippen LogP contribution < -0.4 is 5.32 Å². The van der Waals surface area contributed by atoms with E-state index in [0.29, 0.717) is 5.91 Å². The third-order valence-corrected chi connectivity index (χ3v) is 3.76. The van der Waals surface area contributed by atoms with Crippen LogP contribution in [0.15, 0.2) is 4.99 Å². The van der Waals surface area contributed by atoms with Gasteiger partial charge in [0.15, 0.2) is 5.96 Å². The lowest BCUT2D eigenvalue weighted by atomic mass is 10.4. The highest BCUT2D eigenvalue weighted by atomic mass is 16.2. The Bertz CT molecular complexity index is 323. The summed E-state index contributed by atoms with van der Waals surface area (Å²) in [5, 5.41) is 3.36. The summed E-state index contributed by atoms with van der Waals surface area (Å²) < 4.78 is 0. The number of aliphatic imine (C=N–C) groups is 1. The molecule has 0 aliphatic carbocycles. The number of guanidine groups is 1. The highest BCUT2D eigenvalue weighted by molar-refractivity contribution is 5.80. The maximum atomic E-state index is 11.5. The van der Waals surface area contributed by atoms with Crippen LogP contribution in [0.5, 0.6) is 0 Å². The van der Waals surface area contributed by atoms with E-state index in [4.69, 9.17) is 0 Å². The molecule has 2 aliphatic heterocycles. The second kappa shape index (κ2) is 7.36. The van der Waals surface area contributed by atoms with Crippen molar-refractivity contribution in [2.75, 3.05) is 39.3 Å². The first-order chi connectivity index (χ1) is 9.31. The minimum Gasteiger partial charge on any atom is -0.357 e. The number of carbonyl (C=O) groups is 1. The SMILES string of the molecule is CCNC(=NCCCN1CCCC1=O)N1CCCC1. The molecule has 0 bridgehead atoms. The average molecular weight is 266 g/mol. The van der Waals surface area contributed by atoms with Gasteiger partial charge in [0.1, 0.15) is 0 Å². The smallest absolute Gasteiger partial charge is 0.222 e. The van der Waals surface area contributed by atoms with Gasteiger partial charge in [0.25, 0.3) is 0 Å². The van der Waals surface area contributed by atoms with Crippen LogP contribution in [0, 0.1) is 0 Å². The molecule has 2 saturated heterocycles. The standard InChI is InChI=1S/C14H26N4O/c1-2-15-14(18-9-3-4-10-18)16-8-6-12-17-11-5-7-13(17)19/h2-12H2,1H3,(H,15,16). The van der Waals surface area contributed by atoms with Crippen molar-refractivity contribution < 1.29 is 4.79 Å². The van der Waals surface area contributed by atoms with Crippen LogP contribution in [-0.2, 0) is 4.79 Å². The molecule has 0 aromatic rings. The number of hydrogen-bond donors (Lipinski definition) is 1. The van der Waals surface area contributed by atoms with E-state index in [0.717, 1.165) is 64.5 Å². The van der Waals surface area contributed by atoms with Crippen molar-refractivity contribution in [2.24, 2.45) is 4.99 Å². The van der Waals surface area contributed by atoms with Crippen molar-refractivity contribution in [3.05, 3.63) is 0 Å². The van der Waals surface area contributed by atoms with E-state index in [2.05, 4.69) is 22.1 Å². The lowest BCUT2D eigenvalue weighted by molar-refractivity contribution is -0.127. The highest BCUT2D eigenvalue weighted by Gasteiger charge is 2.19. The molecule has 108 valence electrons. The molecule has 0 unspecified atom stereocenters. The molecule has 0 radical (unpaired) electrons. The summed E-state index contributed by atoms with van der Waals surface area (Å²) in [6, 6.07) is 0. The van der Waals surface area contributed by atoms with Crippen molar-refractivity contribution in [3.8, 4) is 0 Å². The molecule has 1 N–H and O–H groups in total. The molecule has 0 spiro atoms. The van der Waals surface area contributed by atoms with E-state index in [9.17, 15) is 4.79 Å². The first-order valence-corrected chi connectivity index (χ1v) is 7.62. The van der Waals surface area contributed by atoms with Gasteiger partial charge in [-0.05, 0) is 32.6 Å². The number of nitrogens with zero attached hydrogens (tertiary/aromatic N) is 3. The third kappa shape index (κ3) is 4.11. The molecule has 2 heterocycles. The van der Waals surface area contributed by atoms with E-state index in [1.165, 1.54) is 12.8 Å². The minimum atomic E-state index is 0.315. The van der Waals surface area contributed by atoms with Crippen LogP contribution in [-0.4, -0.2) is 60.9 Å². The van der Waals surface area contributed by atoms with Gasteiger partial charge in [-0.3, -0.25) is 9.79 Å². The van der Waals surface area contributed by atoms with Gasteiger partial charge in [-0.25, -0.2) is 0 Å². The van der Waals surface area contributed by atoms with Gasteiger partial charge in [0.05, 0.1) is 0 Å². The largest absolute Gasteiger partial charge is 0.357 e. The van der Waals surface area contributed by atoms with Gasteiger partial charge in [-0.2, -0.15) is 0 Å². The van der Waals surface area contributed by atoms with Crippen LogP contribution in [0.1, 0.15) is 39.0 Å². The Balaban J connectivity index is 1.73. The van der Waals surface area contributed by atoms with E-state index in [1.807, 2.05) is 4.90 Å². The lowest BCUT2D eigenvalue weighted by Crippen LogP contribution is -2.39. The summed E-state index contributed by atoms with van der Waals surface area (Å²) in [7, 11) is 0. The molecule has 5 nitrogen and oxygen atoms in total. The Morgan fingerprint density at radius 2 is 2.05 bits per heavy atom. The summed E-state index contributed by atoms with van der Waals surface area (Å²) in [5.41, 5.74) is 0. The Labute approximate surface area is 116 Å². The Kier molecular flexibility index (Phi) is 5.48. The van der Waals surface area contributed by atoms with Crippen LogP contribution >= 0.6 is 0 Å². The number of nitrogens with one attached hydrogen (secondary N) is 1. The molecular formula is C14H26N4O. The third-order valence-electron chi connectivity index (χ3n) is 3.76. The van der Waals surface area contributed by atoms with Gasteiger partial charge in [0.2, 0.25) is 5.91 Å². The number of amides is 1. The van der Waals surface area contributed by atoms with E-state index >= 15 is 0 Å². The van der Waals surface area contributed by atoms with Gasteiger partial charge in [-0.1, -0.05) is 0 Å². The molecule has 2 aliphatic rings. The second-order valence-electron chi connectivity index (χ2n) is 5.27. The summed E-state index contributed by atoms with van der Waals surface area (Å²) in [5.74, 6) is 1.36. The first-order valence-electron chi connectivity index (χ1n) is 7.62. The Hall–Kier alpha value is -1.26. The van der Waals surface area contributed by atoms with E-state index < -0.39 is 0 Å². The van der Waals surface area contributed by atoms with E-state index in [-0.39, 0.29) is 0 Å². The molecule has 1 amide bonds. The lowest BCUT2D eigenvalue weighted by Gasteiger charge is -2.21. The zero-order chi connectivity index (χ0) is 13.5. The molecule has 2 rings (SSSR count). The van der Waals surface area contributed by atoms with Gasteiger partial charge >= 0.3 is 0 Å². The van der Waals surface area contributed by atoms with Crippen LogP contribution in [0.25, 0.3) is 0 Å². The van der Waals surface area contributed by atoms with Crippen LogP contribution in [0.2, 0.25) is 0 Å². The molecular weight excluding hydrogens is 240 g/mol. The number of carbonyl (C=O) groups excluding carboxylic acids is 1. The summed E-state index contributed by atoms with van der Waals surface area (Å²) in [6.07, 6.45) is 5.27. The fraction of sp³-hybridized carbons (Fsp3) is 0.857. The average Bonchev–Trinajstić information content (AvgIpc) is 3.05. The van der Waals surface area contributed by atoms with Crippen molar-refractivity contribution in [2.45, 2.75) is 39.0 Å². The Morgan fingerprint density at radius 1 is 1.26 bits per heavy atom. The first kappa shape index (κ1) is 14.2. The molecule has 19 heavy (non-hydrogen) atoms. The maximum Gasteiger partial charge on any atom is 0.222 e. The fourth-order valence-electron chi connectivity index (χ4n) is 2.74. The fourth-order valence-corrected chi connectivity index (χ4v) is 2.74. The molecule has 0 aromatic carbocycles. The van der Waals surface area contributed by atoms with Crippen molar-refractivity contribution in [1.29, 1.82) is 0 Å². The summed E-state index contributed by atoms with van der Waals surface area (Å²) in [4.78, 5) is 20.5. The Morgan fingerprint density at radius 3 is 2.68 bits per heavy atom. The van der Waals surface area contributed by atoms with Gasteiger partial charge in [0, 0.05) is 45.7 Å². The van der Waals surface area contributed by atoms with Gasteiger partial charge in [-0.15, -0.1) is 0 Å². The topological polar surface area (TPSA) is 47.9 Å². The van der Waals surface area contributed by atoms with Crippen LogP contribution in [0.3, 0.4) is 0 Å². The number of hydrogen-bond acceptors (Lipinski definition) is 2. The van der Waals surface area contributed by atoms with Crippen molar-refractivity contribution in [3.63, 3.8) is 0 Å². The van der Waals surface area contributed by atoms with E-state index in [1.54, 1.807) is 0 Å². The molecule has 0 atom stereocenters. The normalized spacial score (nSPS) is 20.5. The summed E-state index contributed by atoms with van der Waals surface area (Å²) >= 11 is 0. The van der Waals surface area contributed by atoms with Crippen LogP contribution in [0.4, 0.5) is 0 Å². The number of rotatable bonds is 5. The van der Waals surface area contributed by atoms with Crippen molar-refractivity contribution in [1.82, 2.24) is 15.1 Å². The molecule has 0 aromatic heterocycles. The molecule has 0 saturated carbocycles. The zero-order valence-electron chi connectivity index (χ0n) is 12.0. The monoisotopic (exact) mass is 266 g/mol. The number of likely N-dealkylation sites (tertiary alicyclic amines) is 2. The molecule has 5 heteroatoms. The maximum absolute atomic E-state index is 11.5. The van der Waals surface area contributed by atoms with Gasteiger partial charge < -0.3 is 15.1 Å². The van der Waals surface area contributed by atoms with Crippen molar-refractivity contribution >= 4 is 11.9 Å². The second-order valence-corrected chi connectivity index (χ2v) is 5.27. The summed E-state index contributed by atoms with van der Waals surface area (Å²) in [6.45, 7) is 7.88. The molecule has 2 fully saturated rings. The predicted octanol–water partition coefficient (Wildman–Crippen LogP) is 1.06. The minimum absolute atomic E-state index is 0.315. The highest BCUT2D eigenvalue weighted by Crippen LogP contribution is 2.10.